The molecule has 0 aromatic heterocycles. The summed E-state index contributed by atoms with van der Waals surface area (Å²) in [5, 5.41) is 8.90. The average molecular weight is 380 g/mol. The van der Waals surface area contributed by atoms with Gasteiger partial charge in [0.2, 0.25) is 0 Å². The van der Waals surface area contributed by atoms with Gasteiger partial charge in [0.1, 0.15) is 0 Å². The van der Waals surface area contributed by atoms with E-state index in [-0.39, 0.29) is 23.6 Å². The third-order valence-corrected chi connectivity index (χ3v) is 5.45. The number of ether oxygens (including phenoxy) is 1. The van der Waals surface area contributed by atoms with Crippen molar-refractivity contribution in [1.82, 2.24) is 16.0 Å². The van der Waals surface area contributed by atoms with Crippen molar-refractivity contribution < 1.29 is 14.3 Å². The molecule has 3 rings (SSSR count). The third-order valence-electron chi connectivity index (χ3n) is 5.12. The summed E-state index contributed by atoms with van der Waals surface area (Å²) in [6.45, 7) is 1.26. The predicted octanol–water partition coefficient (Wildman–Crippen LogP) is 2.86. The molecule has 26 heavy (non-hydrogen) atoms. The first-order chi connectivity index (χ1) is 12.6. The molecule has 6 nitrogen and oxygen atoms in total. The van der Waals surface area contributed by atoms with Crippen molar-refractivity contribution in [3.8, 4) is 0 Å². The van der Waals surface area contributed by atoms with Crippen molar-refractivity contribution in [2.75, 3.05) is 19.7 Å². The molecule has 3 amide bonds. The quantitative estimate of drug-likeness (QED) is 0.688. The minimum absolute atomic E-state index is 0.0148. The molecule has 1 aromatic rings. The van der Waals surface area contributed by atoms with E-state index in [1.165, 1.54) is 19.3 Å². The summed E-state index contributed by atoms with van der Waals surface area (Å²) in [6, 6.07) is 6.71. The predicted molar refractivity (Wildman–Crippen MR) is 100 cm³/mol. The van der Waals surface area contributed by atoms with Crippen molar-refractivity contribution >= 4 is 23.5 Å². The number of hydrogen-bond acceptors (Lipinski definition) is 3. The van der Waals surface area contributed by atoms with Crippen LogP contribution in [0.1, 0.15) is 48.9 Å². The normalized spacial score (nSPS) is 21.3. The molecule has 2 aliphatic rings. The van der Waals surface area contributed by atoms with Crippen LogP contribution in [0, 0.1) is 0 Å². The number of carbonyl (C=O) groups is 2. The van der Waals surface area contributed by atoms with Gasteiger partial charge in [-0.15, -0.1) is 0 Å². The van der Waals surface area contributed by atoms with Crippen LogP contribution < -0.4 is 16.0 Å². The molecular weight excluding hydrogens is 354 g/mol. The maximum absolute atomic E-state index is 12.0. The van der Waals surface area contributed by atoms with E-state index in [2.05, 4.69) is 16.0 Å². The van der Waals surface area contributed by atoms with Crippen molar-refractivity contribution in [2.45, 2.75) is 50.2 Å². The van der Waals surface area contributed by atoms with Crippen LogP contribution in [0.5, 0.6) is 0 Å². The monoisotopic (exact) mass is 379 g/mol. The van der Waals surface area contributed by atoms with Crippen LogP contribution in [0.15, 0.2) is 24.3 Å². The Balaban J connectivity index is 1.33. The molecular formula is C19H26ClN3O3. The average Bonchev–Trinajstić information content (AvgIpc) is 3.01. The SMILES string of the molecule is O=C(NCCNC(=O)c1ccccc1Cl)N[C@H]1COC2(CCCCC2)C1. The number of urea groups is 1. The zero-order valence-corrected chi connectivity index (χ0v) is 15.6. The second-order valence-electron chi connectivity index (χ2n) is 7.09. The Hall–Kier alpha value is -1.79. The number of halogens is 1. The summed E-state index contributed by atoms with van der Waals surface area (Å²) >= 11 is 5.99. The molecule has 0 bridgehead atoms. The van der Waals surface area contributed by atoms with Gasteiger partial charge in [-0.25, -0.2) is 4.79 Å². The van der Waals surface area contributed by atoms with Gasteiger partial charge in [-0.3, -0.25) is 4.79 Å². The molecule has 1 aliphatic carbocycles. The molecule has 0 unspecified atom stereocenters. The number of nitrogens with one attached hydrogen (secondary N) is 3. The molecule has 0 radical (unpaired) electrons. The highest BCUT2D eigenvalue weighted by Gasteiger charge is 2.41. The molecule has 1 aromatic carbocycles. The van der Waals surface area contributed by atoms with Crippen LogP contribution in [-0.4, -0.2) is 43.3 Å². The summed E-state index contributed by atoms with van der Waals surface area (Å²) in [6.07, 6.45) is 6.79. The van der Waals surface area contributed by atoms with E-state index in [1.54, 1.807) is 24.3 Å². The van der Waals surface area contributed by atoms with Crippen LogP contribution in [0.25, 0.3) is 0 Å². The number of benzene rings is 1. The van der Waals surface area contributed by atoms with Gasteiger partial charge in [-0.2, -0.15) is 0 Å². The molecule has 1 atom stereocenters. The van der Waals surface area contributed by atoms with Crippen molar-refractivity contribution in [1.29, 1.82) is 0 Å². The van der Waals surface area contributed by atoms with Gasteiger partial charge >= 0.3 is 6.03 Å². The minimum atomic E-state index is -0.249. The van der Waals surface area contributed by atoms with Crippen molar-refractivity contribution in [2.24, 2.45) is 0 Å². The lowest BCUT2D eigenvalue weighted by Crippen LogP contribution is -2.45. The fraction of sp³-hybridized carbons (Fsp3) is 0.579. The Morgan fingerprint density at radius 2 is 1.85 bits per heavy atom. The van der Waals surface area contributed by atoms with E-state index in [9.17, 15) is 9.59 Å². The molecule has 2 fully saturated rings. The first kappa shape index (κ1) is 19.0. The molecule has 7 heteroatoms. The van der Waals surface area contributed by atoms with Crippen LogP contribution in [0.4, 0.5) is 4.79 Å². The maximum Gasteiger partial charge on any atom is 0.315 e. The van der Waals surface area contributed by atoms with E-state index in [0.717, 1.165) is 19.3 Å². The molecule has 1 saturated carbocycles. The van der Waals surface area contributed by atoms with Crippen LogP contribution in [0.3, 0.4) is 0 Å². The number of hydrogen-bond donors (Lipinski definition) is 3. The first-order valence-corrected chi connectivity index (χ1v) is 9.67. The third kappa shape index (κ3) is 4.89. The van der Waals surface area contributed by atoms with Gasteiger partial charge in [0.05, 0.1) is 28.8 Å². The number of rotatable bonds is 5. The highest BCUT2D eigenvalue weighted by atomic mass is 35.5. The molecule has 1 heterocycles. The lowest BCUT2D eigenvalue weighted by molar-refractivity contribution is -0.0245. The zero-order chi connectivity index (χ0) is 18.4. The fourth-order valence-electron chi connectivity index (χ4n) is 3.81. The van der Waals surface area contributed by atoms with Gasteiger partial charge < -0.3 is 20.7 Å². The summed E-state index contributed by atoms with van der Waals surface area (Å²) in [5.74, 6) is -0.249. The molecule has 142 valence electrons. The van der Waals surface area contributed by atoms with Gasteiger partial charge in [0.25, 0.3) is 5.91 Å². The molecule has 1 aliphatic heterocycles. The second kappa shape index (κ2) is 8.73. The number of carbonyl (C=O) groups excluding carboxylic acids is 2. The van der Waals surface area contributed by atoms with Crippen molar-refractivity contribution in [3.05, 3.63) is 34.9 Å². The largest absolute Gasteiger partial charge is 0.373 e. The molecule has 1 saturated heterocycles. The lowest BCUT2D eigenvalue weighted by Gasteiger charge is -2.32. The van der Waals surface area contributed by atoms with Crippen LogP contribution >= 0.6 is 11.6 Å². The Bertz CT molecular complexity index is 647. The van der Waals surface area contributed by atoms with E-state index >= 15 is 0 Å². The molecule has 3 N–H and O–H groups in total. The van der Waals surface area contributed by atoms with Gasteiger partial charge in [-0.05, 0) is 31.4 Å². The molecule has 1 spiro atoms. The summed E-state index contributed by atoms with van der Waals surface area (Å²) in [4.78, 5) is 24.0. The smallest absolute Gasteiger partial charge is 0.315 e. The second-order valence-corrected chi connectivity index (χ2v) is 7.50. The van der Waals surface area contributed by atoms with Crippen molar-refractivity contribution in [3.63, 3.8) is 0 Å². The standard InChI is InChI=1S/C19H26ClN3O3/c20-16-7-3-2-6-15(16)17(24)21-10-11-22-18(25)23-14-12-19(26-13-14)8-4-1-5-9-19/h2-3,6-7,14H,1,4-5,8-13H2,(H,21,24)(H2,22,23,25)/t14-/m1/s1. The van der Waals surface area contributed by atoms with Gasteiger partial charge in [0, 0.05) is 13.1 Å². The summed E-state index contributed by atoms with van der Waals surface area (Å²) in [5.41, 5.74) is 0.415. The lowest BCUT2D eigenvalue weighted by atomic mass is 9.82. The highest BCUT2D eigenvalue weighted by Crippen LogP contribution is 2.39. The Kier molecular flexibility index (Phi) is 6.38. The number of amides is 3. The maximum atomic E-state index is 12.0. The Labute approximate surface area is 159 Å². The topological polar surface area (TPSA) is 79.5 Å². The van der Waals surface area contributed by atoms with E-state index < -0.39 is 0 Å². The fourth-order valence-corrected chi connectivity index (χ4v) is 4.03. The van der Waals surface area contributed by atoms with E-state index in [1.807, 2.05) is 0 Å². The Morgan fingerprint density at radius 3 is 2.62 bits per heavy atom. The highest BCUT2D eigenvalue weighted by molar-refractivity contribution is 6.33. The van der Waals surface area contributed by atoms with Gasteiger partial charge in [0.15, 0.2) is 0 Å². The van der Waals surface area contributed by atoms with Crippen LogP contribution in [0.2, 0.25) is 5.02 Å². The summed E-state index contributed by atoms with van der Waals surface area (Å²) in [7, 11) is 0. The van der Waals surface area contributed by atoms with E-state index in [0.29, 0.717) is 30.3 Å². The summed E-state index contributed by atoms with van der Waals surface area (Å²) < 4.78 is 6.00. The van der Waals surface area contributed by atoms with Gasteiger partial charge in [-0.1, -0.05) is 43.0 Å². The van der Waals surface area contributed by atoms with E-state index in [4.69, 9.17) is 16.3 Å². The first-order valence-electron chi connectivity index (χ1n) is 9.29. The minimum Gasteiger partial charge on any atom is -0.373 e. The zero-order valence-electron chi connectivity index (χ0n) is 14.9. The Morgan fingerprint density at radius 1 is 1.12 bits per heavy atom. The van der Waals surface area contributed by atoms with Crippen LogP contribution in [-0.2, 0) is 4.74 Å².